The lowest BCUT2D eigenvalue weighted by atomic mass is 10.2. The Morgan fingerprint density at radius 2 is 1.97 bits per heavy atom. The number of carbonyl (C=O) groups excluding carboxylic acids is 1. The maximum absolute atomic E-state index is 13.2. The van der Waals surface area contributed by atoms with Gasteiger partial charge in [0, 0.05) is 30.5 Å². The van der Waals surface area contributed by atoms with Gasteiger partial charge < -0.3 is 4.74 Å². The van der Waals surface area contributed by atoms with Crippen LogP contribution in [0.1, 0.15) is 17.7 Å². The monoisotopic (exact) mass is 429 g/mol. The van der Waals surface area contributed by atoms with Crippen molar-refractivity contribution in [3.05, 3.63) is 61.5 Å². The summed E-state index contributed by atoms with van der Waals surface area (Å²) < 4.78 is 10.5. The first-order chi connectivity index (χ1) is 14.2. The number of halogens is 1. The fourth-order valence-electron chi connectivity index (χ4n) is 3.63. The highest BCUT2D eigenvalue weighted by molar-refractivity contribution is 6.30. The zero-order valence-corrected chi connectivity index (χ0v) is 17.7. The molecular formula is C20H20ClN5O4. The third-order valence-electron chi connectivity index (χ3n) is 5.21. The summed E-state index contributed by atoms with van der Waals surface area (Å²) in [6.07, 6.45) is 1.71. The molecule has 4 rings (SSSR count). The minimum Gasteiger partial charge on any atom is -0.469 e. The van der Waals surface area contributed by atoms with E-state index >= 15 is 0 Å². The number of hydrogen-bond donors (Lipinski definition) is 0. The lowest BCUT2D eigenvalue weighted by Crippen LogP contribution is -2.39. The molecule has 0 spiro atoms. The number of benzene rings is 1. The van der Waals surface area contributed by atoms with E-state index < -0.39 is 17.2 Å². The average molecular weight is 430 g/mol. The van der Waals surface area contributed by atoms with E-state index in [2.05, 4.69) is 9.72 Å². The molecule has 10 heteroatoms. The molecule has 1 aromatic carbocycles. The van der Waals surface area contributed by atoms with Crippen LogP contribution in [-0.2, 0) is 23.1 Å². The number of rotatable bonds is 4. The normalized spacial score (nSPS) is 11.5. The number of aryl methyl sites for hydroxylation is 3. The molecule has 0 saturated carbocycles. The molecule has 0 aliphatic heterocycles. The highest BCUT2D eigenvalue weighted by Gasteiger charge is 2.21. The SMILES string of the molecule is COC(=O)CCn1c(=O)c2c(nc3n(-c4cc(Cl)ccc4C)c(C)cn23)n(C)c1=O. The van der Waals surface area contributed by atoms with E-state index in [0.29, 0.717) is 10.8 Å². The Kier molecular flexibility index (Phi) is 4.77. The Balaban J connectivity index is 2.03. The number of hydrogen-bond acceptors (Lipinski definition) is 5. The van der Waals surface area contributed by atoms with Gasteiger partial charge in [-0.1, -0.05) is 17.7 Å². The van der Waals surface area contributed by atoms with Crippen LogP contribution in [0.25, 0.3) is 22.6 Å². The number of fused-ring (bicyclic) bond motifs is 3. The second-order valence-corrected chi connectivity index (χ2v) is 7.55. The predicted molar refractivity (Wildman–Crippen MR) is 113 cm³/mol. The van der Waals surface area contributed by atoms with Crippen LogP contribution < -0.4 is 11.2 Å². The summed E-state index contributed by atoms with van der Waals surface area (Å²) in [5.41, 5.74) is 2.14. The molecule has 30 heavy (non-hydrogen) atoms. The topological polar surface area (TPSA) is 92.5 Å². The molecule has 4 aromatic rings. The second-order valence-electron chi connectivity index (χ2n) is 7.12. The van der Waals surface area contributed by atoms with Crippen molar-refractivity contribution in [1.82, 2.24) is 23.1 Å². The molecule has 9 nitrogen and oxygen atoms in total. The molecule has 0 unspecified atom stereocenters. The first-order valence-corrected chi connectivity index (χ1v) is 9.65. The number of aromatic nitrogens is 5. The van der Waals surface area contributed by atoms with Crippen molar-refractivity contribution in [3.63, 3.8) is 0 Å². The Labute approximate surface area is 175 Å². The molecule has 0 bridgehead atoms. The molecule has 3 heterocycles. The van der Waals surface area contributed by atoms with E-state index in [9.17, 15) is 14.4 Å². The summed E-state index contributed by atoms with van der Waals surface area (Å²) in [7, 11) is 2.81. The Hall–Kier alpha value is -3.33. The van der Waals surface area contributed by atoms with E-state index in [-0.39, 0.29) is 24.1 Å². The van der Waals surface area contributed by atoms with Gasteiger partial charge in [-0.2, -0.15) is 4.98 Å². The zero-order chi connectivity index (χ0) is 21.7. The van der Waals surface area contributed by atoms with Crippen LogP contribution in [0.5, 0.6) is 0 Å². The third kappa shape index (κ3) is 2.93. The third-order valence-corrected chi connectivity index (χ3v) is 5.44. The van der Waals surface area contributed by atoms with Crippen molar-refractivity contribution in [2.45, 2.75) is 26.8 Å². The summed E-state index contributed by atoms with van der Waals surface area (Å²) >= 11 is 6.20. The quantitative estimate of drug-likeness (QED) is 0.462. The fraction of sp³-hybridized carbons (Fsp3) is 0.300. The predicted octanol–water partition coefficient (Wildman–Crippen LogP) is 1.97. The van der Waals surface area contributed by atoms with Crippen molar-refractivity contribution in [2.75, 3.05) is 7.11 Å². The maximum atomic E-state index is 13.2. The van der Waals surface area contributed by atoms with Crippen LogP contribution in [0.2, 0.25) is 5.02 Å². The summed E-state index contributed by atoms with van der Waals surface area (Å²) in [4.78, 5) is 42.0. The van der Waals surface area contributed by atoms with Crippen molar-refractivity contribution < 1.29 is 9.53 Å². The number of carbonyl (C=O) groups is 1. The summed E-state index contributed by atoms with van der Waals surface area (Å²) in [5.74, 6) is -0.00778. The molecule has 0 N–H and O–H groups in total. The molecule has 0 atom stereocenters. The van der Waals surface area contributed by atoms with Gasteiger partial charge in [0.25, 0.3) is 5.56 Å². The summed E-state index contributed by atoms with van der Waals surface area (Å²) in [5, 5.41) is 0.579. The van der Waals surface area contributed by atoms with E-state index in [4.69, 9.17) is 11.6 Å². The van der Waals surface area contributed by atoms with E-state index in [1.807, 2.05) is 36.6 Å². The molecule has 3 aromatic heterocycles. The molecule has 0 aliphatic rings. The minimum absolute atomic E-state index is 0.0750. The van der Waals surface area contributed by atoms with Gasteiger partial charge in [-0.25, -0.2) is 4.79 Å². The number of methoxy groups -OCH3 is 1. The molecule has 0 amide bonds. The Morgan fingerprint density at radius 3 is 2.67 bits per heavy atom. The van der Waals surface area contributed by atoms with Crippen molar-refractivity contribution in [3.8, 4) is 5.69 Å². The first-order valence-electron chi connectivity index (χ1n) is 9.28. The van der Waals surface area contributed by atoms with Crippen LogP contribution in [0.3, 0.4) is 0 Å². The lowest BCUT2D eigenvalue weighted by Gasteiger charge is -2.10. The maximum Gasteiger partial charge on any atom is 0.332 e. The van der Waals surface area contributed by atoms with Crippen molar-refractivity contribution in [1.29, 1.82) is 0 Å². The molecule has 0 saturated heterocycles. The molecule has 0 fully saturated rings. The van der Waals surface area contributed by atoms with E-state index in [1.54, 1.807) is 17.6 Å². The second kappa shape index (κ2) is 7.17. The summed E-state index contributed by atoms with van der Waals surface area (Å²) in [6, 6.07) is 5.55. The molecular weight excluding hydrogens is 410 g/mol. The number of nitrogens with zero attached hydrogens (tertiary/aromatic N) is 5. The molecule has 0 radical (unpaired) electrons. The number of imidazole rings is 2. The Morgan fingerprint density at radius 1 is 1.23 bits per heavy atom. The lowest BCUT2D eigenvalue weighted by molar-refractivity contribution is -0.140. The van der Waals surface area contributed by atoms with Gasteiger partial charge in [-0.3, -0.25) is 27.7 Å². The van der Waals surface area contributed by atoms with Gasteiger partial charge in [-0.05, 0) is 31.5 Å². The van der Waals surface area contributed by atoms with Crippen molar-refractivity contribution >= 4 is 34.5 Å². The van der Waals surface area contributed by atoms with Gasteiger partial charge in [0.15, 0.2) is 11.2 Å². The van der Waals surface area contributed by atoms with Crippen molar-refractivity contribution in [2.24, 2.45) is 7.05 Å². The van der Waals surface area contributed by atoms with Gasteiger partial charge in [-0.15, -0.1) is 0 Å². The highest BCUT2D eigenvalue weighted by atomic mass is 35.5. The number of ether oxygens (including phenoxy) is 1. The number of esters is 1. The average Bonchev–Trinajstić information content (AvgIpc) is 3.22. The fourth-order valence-corrected chi connectivity index (χ4v) is 3.80. The Bertz CT molecular complexity index is 1440. The largest absolute Gasteiger partial charge is 0.469 e. The van der Waals surface area contributed by atoms with Gasteiger partial charge in [0.1, 0.15) is 0 Å². The van der Waals surface area contributed by atoms with Crippen LogP contribution >= 0.6 is 11.6 Å². The zero-order valence-electron chi connectivity index (χ0n) is 17.0. The van der Waals surface area contributed by atoms with Crippen LogP contribution in [0.15, 0.2) is 34.0 Å². The standard InChI is InChI=1S/C20H20ClN5O4/c1-11-5-6-13(21)9-14(11)26-12(2)10-25-16-17(22-19(25)26)23(3)20(29)24(18(16)28)8-7-15(27)30-4/h5-6,9-10H,7-8H2,1-4H3. The first kappa shape index (κ1) is 20.0. The van der Waals surface area contributed by atoms with E-state index in [0.717, 1.165) is 21.5 Å². The van der Waals surface area contributed by atoms with Gasteiger partial charge in [0.05, 0.1) is 19.2 Å². The smallest absolute Gasteiger partial charge is 0.332 e. The minimum atomic E-state index is -0.542. The molecule has 0 aliphatic carbocycles. The highest BCUT2D eigenvalue weighted by Crippen LogP contribution is 2.25. The van der Waals surface area contributed by atoms with Crippen LogP contribution in [0.4, 0.5) is 0 Å². The van der Waals surface area contributed by atoms with Gasteiger partial charge in [0.2, 0.25) is 5.78 Å². The van der Waals surface area contributed by atoms with Crippen LogP contribution in [0, 0.1) is 13.8 Å². The van der Waals surface area contributed by atoms with Crippen LogP contribution in [-0.4, -0.2) is 36.2 Å². The molecule has 156 valence electrons. The van der Waals surface area contributed by atoms with E-state index in [1.165, 1.54) is 11.7 Å². The van der Waals surface area contributed by atoms with Gasteiger partial charge >= 0.3 is 11.7 Å². The summed E-state index contributed by atoms with van der Waals surface area (Å²) in [6.45, 7) is 3.78.